The predicted molar refractivity (Wildman–Crippen MR) is 74.5 cm³/mol. The number of nitrogens with one attached hydrogen (secondary N) is 1. The average molecular weight is 250 g/mol. The molecule has 0 bridgehead atoms. The minimum absolute atomic E-state index is 0.207. The van der Waals surface area contributed by atoms with Crippen LogP contribution >= 0.6 is 11.3 Å². The van der Waals surface area contributed by atoms with Gasteiger partial charge in [0, 0.05) is 17.5 Å². The standard InChI is InChI=1S/C14H22N2S/c1-4-14(3,9-15-12-5-6-12)8-7-13-11(2)16-10-17-13/h4,10,12,15H,1,5-9H2,2-3H3. The lowest BCUT2D eigenvalue weighted by atomic mass is 9.85. The topological polar surface area (TPSA) is 24.9 Å². The van der Waals surface area contributed by atoms with E-state index in [1.165, 1.54) is 23.4 Å². The van der Waals surface area contributed by atoms with Crippen molar-refractivity contribution in [3.05, 3.63) is 28.7 Å². The molecule has 1 aromatic rings. The second kappa shape index (κ2) is 5.32. The smallest absolute Gasteiger partial charge is 0.0797 e. The van der Waals surface area contributed by atoms with Gasteiger partial charge in [0.15, 0.2) is 0 Å². The van der Waals surface area contributed by atoms with Crippen molar-refractivity contribution in [2.24, 2.45) is 5.41 Å². The molecule has 1 saturated carbocycles. The largest absolute Gasteiger partial charge is 0.313 e. The van der Waals surface area contributed by atoms with Crippen molar-refractivity contribution < 1.29 is 0 Å². The minimum Gasteiger partial charge on any atom is -0.313 e. The lowest BCUT2D eigenvalue weighted by Gasteiger charge is -2.26. The maximum atomic E-state index is 4.30. The zero-order valence-corrected chi connectivity index (χ0v) is 11.6. The molecule has 1 aliphatic rings. The van der Waals surface area contributed by atoms with Crippen LogP contribution in [0.25, 0.3) is 0 Å². The Morgan fingerprint density at radius 1 is 1.65 bits per heavy atom. The molecule has 0 amide bonds. The van der Waals surface area contributed by atoms with Gasteiger partial charge in [0.1, 0.15) is 0 Å². The molecule has 1 unspecified atom stereocenters. The Morgan fingerprint density at radius 3 is 2.94 bits per heavy atom. The summed E-state index contributed by atoms with van der Waals surface area (Å²) in [4.78, 5) is 5.73. The third-order valence-electron chi connectivity index (χ3n) is 3.63. The first-order valence-corrected chi connectivity index (χ1v) is 7.27. The number of aryl methyl sites for hydroxylation is 2. The summed E-state index contributed by atoms with van der Waals surface area (Å²) in [5.74, 6) is 0. The Balaban J connectivity index is 1.84. The van der Waals surface area contributed by atoms with Crippen molar-refractivity contribution in [2.75, 3.05) is 6.54 Å². The maximum absolute atomic E-state index is 4.30. The van der Waals surface area contributed by atoms with Crippen LogP contribution < -0.4 is 5.32 Å². The van der Waals surface area contributed by atoms with E-state index in [0.29, 0.717) is 0 Å². The van der Waals surface area contributed by atoms with Gasteiger partial charge in [-0.15, -0.1) is 17.9 Å². The van der Waals surface area contributed by atoms with E-state index in [1.54, 1.807) is 11.3 Å². The van der Waals surface area contributed by atoms with Crippen LogP contribution in [0.1, 0.15) is 36.8 Å². The van der Waals surface area contributed by atoms with Crippen LogP contribution in [0.5, 0.6) is 0 Å². The van der Waals surface area contributed by atoms with Gasteiger partial charge >= 0.3 is 0 Å². The molecule has 1 atom stereocenters. The molecule has 2 rings (SSSR count). The summed E-state index contributed by atoms with van der Waals surface area (Å²) < 4.78 is 0. The van der Waals surface area contributed by atoms with Crippen LogP contribution in [0.2, 0.25) is 0 Å². The van der Waals surface area contributed by atoms with E-state index < -0.39 is 0 Å². The van der Waals surface area contributed by atoms with E-state index in [1.807, 2.05) is 5.51 Å². The van der Waals surface area contributed by atoms with E-state index in [0.717, 1.165) is 25.4 Å². The van der Waals surface area contributed by atoms with Gasteiger partial charge in [-0.3, -0.25) is 0 Å². The van der Waals surface area contributed by atoms with E-state index in [4.69, 9.17) is 0 Å². The Kier molecular flexibility index (Phi) is 4.00. The predicted octanol–water partition coefficient (Wildman–Crippen LogP) is 3.33. The molecule has 2 nitrogen and oxygen atoms in total. The molecule has 1 N–H and O–H groups in total. The highest BCUT2D eigenvalue weighted by Gasteiger charge is 2.26. The van der Waals surface area contributed by atoms with Crippen molar-refractivity contribution >= 4 is 11.3 Å². The normalized spacial score (nSPS) is 18.9. The average Bonchev–Trinajstić information content (AvgIpc) is 3.07. The molecule has 3 heteroatoms. The van der Waals surface area contributed by atoms with Crippen molar-refractivity contribution in [1.29, 1.82) is 0 Å². The van der Waals surface area contributed by atoms with Crippen molar-refractivity contribution in [3.63, 3.8) is 0 Å². The minimum atomic E-state index is 0.207. The first-order chi connectivity index (χ1) is 8.13. The molecule has 1 fully saturated rings. The fraction of sp³-hybridized carbons (Fsp3) is 0.643. The van der Waals surface area contributed by atoms with Gasteiger partial charge in [-0.2, -0.15) is 0 Å². The van der Waals surface area contributed by atoms with Gasteiger partial charge in [-0.1, -0.05) is 13.0 Å². The number of hydrogen-bond donors (Lipinski definition) is 1. The highest BCUT2D eigenvalue weighted by Crippen LogP contribution is 2.28. The summed E-state index contributed by atoms with van der Waals surface area (Å²) in [5, 5.41) is 3.61. The van der Waals surface area contributed by atoms with Gasteiger partial charge in [-0.05, 0) is 38.0 Å². The van der Waals surface area contributed by atoms with Crippen LogP contribution in [0.4, 0.5) is 0 Å². The maximum Gasteiger partial charge on any atom is 0.0797 e. The summed E-state index contributed by atoms with van der Waals surface area (Å²) in [6.45, 7) is 9.45. The fourth-order valence-electron chi connectivity index (χ4n) is 1.89. The zero-order valence-electron chi connectivity index (χ0n) is 10.8. The molecule has 94 valence electrons. The summed E-state index contributed by atoms with van der Waals surface area (Å²) in [6.07, 6.45) is 7.08. The van der Waals surface area contributed by atoms with Crippen LogP contribution in [-0.4, -0.2) is 17.6 Å². The monoisotopic (exact) mass is 250 g/mol. The van der Waals surface area contributed by atoms with Crippen LogP contribution in [0, 0.1) is 12.3 Å². The molecular formula is C14H22N2S. The Bertz CT molecular complexity index is 381. The van der Waals surface area contributed by atoms with Gasteiger partial charge in [0.2, 0.25) is 0 Å². The molecule has 1 aliphatic carbocycles. The molecule has 0 spiro atoms. The van der Waals surface area contributed by atoms with E-state index in [9.17, 15) is 0 Å². The van der Waals surface area contributed by atoms with Gasteiger partial charge in [-0.25, -0.2) is 4.98 Å². The number of rotatable bonds is 7. The van der Waals surface area contributed by atoms with E-state index >= 15 is 0 Å². The van der Waals surface area contributed by atoms with Crippen LogP contribution in [0.3, 0.4) is 0 Å². The Labute approximate surface area is 108 Å². The molecule has 1 aromatic heterocycles. The lowest BCUT2D eigenvalue weighted by Crippen LogP contribution is -2.32. The number of nitrogens with zero attached hydrogens (tertiary/aromatic N) is 1. The van der Waals surface area contributed by atoms with Crippen molar-refractivity contribution in [1.82, 2.24) is 10.3 Å². The van der Waals surface area contributed by atoms with Crippen LogP contribution in [-0.2, 0) is 6.42 Å². The van der Waals surface area contributed by atoms with Gasteiger partial charge in [0.05, 0.1) is 11.2 Å². The zero-order chi connectivity index (χ0) is 12.3. The molecule has 0 aliphatic heterocycles. The number of hydrogen-bond acceptors (Lipinski definition) is 3. The Morgan fingerprint density at radius 2 is 2.41 bits per heavy atom. The highest BCUT2D eigenvalue weighted by molar-refractivity contribution is 7.09. The highest BCUT2D eigenvalue weighted by atomic mass is 32.1. The number of thiazole rings is 1. The summed E-state index contributed by atoms with van der Waals surface area (Å²) >= 11 is 1.77. The van der Waals surface area contributed by atoms with Crippen LogP contribution in [0.15, 0.2) is 18.2 Å². The van der Waals surface area contributed by atoms with Crippen molar-refractivity contribution in [3.8, 4) is 0 Å². The third-order valence-corrected chi connectivity index (χ3v) is 4.63. The molecule has 17 heavy (non-hydrogen) atoms. The van der Waals surface area contributed by atoms with E-state index in [2.05, 4.69) is 36.8 Å². The molecule has 0 saturated heterocycles. The Hall–Kier alpha value is -0.670. The molecule has 0 radical (unpaired) electrons. The molecule has 1 heterocycles. The molecular weight excluding hydrogens is 228 g/mol. The van der Waals surface area contributed by atoms with Crippen molar-refractivity contribution in [2.45, 2.75) is 45.6 Å². The van der Waals surface area contributed by atoms with Gasteiger partial charge < -0.3 is 5.32 Å². The third kappa shape index (κ3) is 3.65. The fourth-order valence-corrected chi connectivity index (χ4v) is 2.67. The first-order valence-electron chi connectivity index (χ1n) is 6.39. The van der Waals surface area contributed by atoms with E-state index in [-0.39, 0.29) is 5.41 Å². The van der Waals surface area contributed by atoms with Gasteiger partial charge in [0.25, 0.3) is 0 Å². The summed E-state index contributed by atoms with van der Waals surface area (Å²) in [5.41, 5.74) is 3.34. The molecule has 0 aromatic carbocycles. The number of aromatic nitrogens is 1. The summed E-state index contributed by atoms with van der Waals surface area (Å²) in [6, 6.07) is 0.777. The quantitative estimate of drug-likeness (QED) is 0.751. The summed E-state index contributed by atoms with van der Waals surface area (Å²) in [7, 11) is 0. The lowest BCUT2D eigenvalue weighted by molar-refractivity contribution is 0.364. The second-order valence-corrected chi connectivity index (χ2v) is 6.31. The first kappa shape index (κ1) is 12.8. The second-order valence-electron chi connectivity index (χ2n) is 5.37. The SMILES string of the molecule is C=CC(C)(CCc1scnc1C)CNC1CC1.